The van der Waals surface area contributed by atoms with Crippen molar-refractivity contribution in [2.75, 3.05) is 13.1 Å². The van der Waals surface area contributed by atoms with E-state index in [9.17, 15) is 4.79 Å². The van der Waals surface area contributed by atoms with E-state index >= 15 is 0 Å². The summed E-state index contributed by atoms with van der Waals surface area (Å²) in [6.07, 6.45) is 5.47. The number of amides is 1. The number of rotatable bonds is 3. The largest absolute Gasteiger partial charge is 0.344 e. The molecule has 0 bridgehead atoms. The van der Waals surface area contributed by atoms with Gasteiger partial charge in [0.1, 0.15) is 5.69 Å². The number of aromatic nitrogens is 1. The van der Waals surface area contributed by atoms with Crippen molar-refractivity contribution >= 4 is 17.2 Å². The maximum absolute atomic E-state index is 12.6. The summed E-state index contributed by atoms with van der Waals surface area (Å²) in [5.41, 5.74) is 3.21. The first-order valence-corrected chi connectivity index (χ1v) is 9.74. The molecule has 2 aliphatic rings. The van der Waals surface area contributed by atoms with Crippen LogP contribution in [0.15, 0.2) is 29.6 Å². The lowest BCUT2D eigenvalue weighted by atomic mass is 9.88. The number of benzene rings is 1. The predicted octanol–water partition coefficient (Wildman–Crippen LogP) is 3.42. The van der Waals surface area contributed by atoms with Crippen LogP contribution in [0.1, 0.15) is 64.3 Å². The molecule has 1 fully saturated rings. The number of fused-ring (bicyclic) bond motifs is 1. The third kappa shape index (κ3) is 3.23. The van der Waals surface area contributed by atoms with E-state index in [1.807, 2.05) is 5.38 Å². The number of nitrogens with one attached hydrogen (secondary N) is 2. The fraction of sp³-hybridized carbons (Fsp3) is 0.474. The van der Waals surface area contributed by atoms with Gasteiger partial charge in [-0.15, -0.1) is 11.3 Å². The molecule has 2 N–H and O–H groups in total. The van der Waals surface area contributed by atoms with Gasteiger partial charge in [-0.3, -0.25) is 4.79 Å². The molecule has 1 unspecified atom stereocenters. The fourth-order valence-electron chi connectivity index (χ4n) is 3.78. The highest BCUT2D eigenvalue weighted by atomic mass is 32.1. The van der Waals surface area contributed by atoms with Crippen LogP contribution in [-0.4, -0.2) is 24.0 Å². The van der Waals surface area contributed by atoms with Crippen molar-refractivity contribution in [2.24, 2.45) is 0 Å². The zero-order valence-corrected chi connectivity index (χ0v) is 14.6. The highest BCUT2D eigenvalue weighted by molar-refractivity contribution is 7.09. The van der Waals surface area contributed by atoms with Gasteiger partial charge in [0.15, 0.2) is 0 Å². The number of carbonyl (C=O) groups is 1. The SMILES string of the molecule is O=C(NC1CCCc2ccccc21)c1csc(C2CCNCC2)n1. The highest BCUT2D eigenvalue weighted by Crippen LogP contribution is 2.31. The van der Waals surface area contributed by atoms with E-state index < -0.39 is 0 Å². The summed E-state index contributed by atoms with van der Waals surface area (Å²) in [6, 6.07) is 8.56. The molecule has 4 nitrogen and oxygen atoms in total. The molecule has 24 heavy (non-hydrogen) atoms. The van der Waals surface area contributed by atoms with Crippen LogP contribution in [0.2, 0.25) is 0 Å². The summed E-state index contributed by atoms with van der Waals surface area (Å²) in [4.78, 5) is 17.3. The molecular weight excluding hydrogens is 318 g/mol. The van der Waals surface area contributed by atoms with E-state index in [0.717, 1.165) is 50.2 Å². The van der Waals surface area contributed by atoms with E-state index in [4.69, 9.17) is 0 Å². The quantitative estimate of drug-likeness (QED) is 0.899. The Bertz CT molecular complexity index is 721. The normalized spacial score (nSPS) is 21.2. The summed E-state index contributed by atoms with van der Waals surface area (Å²) < 4.78 is 0. The second kappa shape index (κ2) is 7.03. The molecule has 5 heteroatoms. The topological polar surface area (TPSA) is 54.0 Å². The van der Waals surface area contributed by atoms with Gasteiger partial charge in [-0.05, 0) is 56.3 Å². The van der Waals surface area contributed by atoms with Crippen LogP contribution in [0.3, 0.4) is 0 Å². The molecule has 1 atom stereocenters. The van der Waals surface area contributed by atoms with Crippen molar-refractivity contribution in [3.63, 3.8) is 0 Å². The van der Waals surface area contributed by atoms with Crippen molar-refractivity contribution in [3.8, 4) is 0 Å². The molecule has 1 saturated heterocycles. The molecular formula is C19H23N3OS. The maximum atomic E-state index is 12.6. The number of thiazole rings is 1. The Hall–Kier alpha value is -1.72. The first kappa shape index (κ1) is 15.8. The standard InChI is InChI=1S/C19H23N3OS/c23-18(17-12-24-19(22-17)14-8-10-20-11-9-14)21-16-7-3-5-13-4-1-2-6-15(13)16/h1-2,4,6,12,14,16,20H,3,5,7-11H2,(H,21,23). The monoisotopic (exact) mass is 341 g/mol. The molecule has 1 aromatic carbocycles. The third-order valence-electron chi connectivity index (χ3n) is 5.12. The van der Waals surface area contributed by atoms with Crippen LogP contribution in [0.25, 0.3) is 0 Å². The zero-order chi connectivity index (χ0) is 16.4. The van der Waals surface area contributed by atoms with Crippen molar-refractivity contribution in [3.05, 3.63) is 51.5 Å². The lowest BCUT2D eigenvalue weighted by Crippen LogP contribution is -2.31. The van der Waals surface area contributed by atoms with Crippen LogP contribution in [0.4, 0.5) is 0 Å². The number of piperidine rings is 1. The fourth-order valence-corrected chi connectivity index (χ4v) is 4.76. The molecule has 0 saturated carbocycles. The first-order chi connectivity index (χ1) is 11.8. The Labute approximate surface area is 146 Å². The summed E-state index contributed by atoms with van der Waals surface area (Å²) in [7, 11) is 0. The lowest BCUT2D eigenvalue weighted by Gasteiger charge is -2.26. The second-order valence-electron chi connectivity index (χ2n) is 6.71. The number of carbonyl (C=O) groups excluding carboxylic acids is 1. The molecule has 126 valence electrons. The Balaban J connectivity index is 1.46. The summed E-state index contributed by atoms with van der Waals surface area (Å²) >= 11 is 1.63. The average Bonchev–Trinajstić information content (AvgIpc) is 3.13. The lowest BCUT2D eigenvalue weighted by molar-refractivity contribution is 0.0928. The second-order valence-corrected chi connectivity index (χ2v) is 7.60. The van der Waals surface area contributed by atoms with Crippen LogP contribution in [-0.2, 0) is 6.42 Å². The number of aryl methyl sites for hydroxylation is 1. The van der Waals surface area contributed by atoms with Gasteiger partial charge in [-0.25, -0.2) is 4.98 Å². The molecule has 2 aromatic rings. The Morgan fingerprint density at radius 3 is 2.92 bits per heavy atom. The molecule has 1 aliphatic heterocycles. The van der Waals surface area contributed by atoms with Crippen LogP contribution >= 0.6 is 11.3 Å². The van der Waals surface area contributed by atoms with Crippen molar-refractivity contribution < 1.29 is 4.79 Å². The van der Waals surface area contributed by atoms with E-state index in [0.29, 0.717) is 11.6 Å². The minimum Gasteiger partial charge on any atom is -0.344 e. The summed E-state index contributed by atoms with van der Waals surface area (Å²) in [5.74, 6) is 0.473. The molecule has 1 aliphatic carbocycles. The van der Waals surface area contributed by atoms with Crippen molar-refractivity contribution in [2.45, 2.75) is 44.1 Å². The van der Waals surface area contributed by atoms with E-state index in [1.165, 1.54) is 11.1 Å². The maximum Gasteiger partial charge on any atom is 0.271 e. The molecule has 4 rings (SSSR count). The van der Waals surface area contributed by atoms with Crippen molar-refractivity contribution in [1.29, 1.82) is 0 Å². The van der Waals surface area contributed by atoms with E-state index in [-0.39, 0.29) is 11.9 Å². The minimum absolute atomic E-state index is 0.0341. The Morgan fingerprint density at radius 2 is 2.04 bits per heavy atom. The summed E-state index contributed by atoms with van der Waals surface area (Å²) in [6.45, 7) is 2.09. The average molecular weight is 341 g/mol. The zero-order valence-electron chi connectivity index (χ0n) is 13.8. The minimum atomic E-state index is -0.0341. The predicted molar refractivity (Wildman–Crippen MR) is 96.5 cm³/mol. The van der Waals surface area contributed by atoms with Crippen molar-refractivity contribution in [1.82, 2.24) is 15.6 Å². The van der Waals surface area contributed by atoms with Gasteiger partial charge in [-0.1, -0.05) is 24.3 Å². The van der Waals surface area contributed by atoms with Gasteiger partial charge < -0.3 is 10.6 Å². The Morgan fingerprint density at radius 1 is 1.21 bits per heavy atom. The molecule has 2 heterocycles. The van der Waals surface area contributed by atoms with Crippen LogP contribution in [0, 0.1) is 0 Å². The van der Waals surface area contributed by atoms with Crippen LogP contribution in [0.5, 0.6) is 0 Å². The first-order valence-electron chi connectivity index (χ1n) is 8.86. The number of hydrogen-bond acceptors (Lipinski definition) is 4. The van der Waals surface area contributed by atoms with Gasteiger partial charge in [0, 0.05) is 11.3 Å². The summed E-state index contributed by atoms with van der Waals surface area (Å²) in [5, 5.41) is 9.61. The number of nitrogens with zero attached hydrogens (tertiary/aromatic N) is 1. The smallest absolute Gasteiger partial charge is 0.271 e. The highest BCUT2D eigenvalue weighted by Gasteiger charge is 2.24. The Kier molecular flexibility index (Phi) is 4.63. The number of hydrogen-bond donors (Lipinski definition) is 2. The molecule has 0 radical (unpaired) electrons. The third-order valence-corrected chi connectivity index (χ3v) is 6.12. The van der Waals surface area contributed by atoms with E-state index in [2.05, 4.69) is 39.9 Å². The molecule has 1 aromatic heterocycles. The van der Waals surface area contributed by atoms with Gasteiger partial charge in [0.25, 0.3) is 5.91 Å². The molecule has 1 amide bonds. The van der Waals surface area contributed by atoms with E-state index in [1.54, 1.807) is 11.3 Å². The van der Waals surface area contributed by atoms with Crippen LogP contribution < -0.4 is 10.6 Å². The van der Waals surface area contributed by atoms with Gasteiger partial charge in [0.2, 0.25) is 0 Å². The van der Waals surface area contributed by atoms with Gasteiger partial charge >= 0.3 is 0 Å². The van der Waals surface area contributed by atoms with Gasteiger partial charge in [0.05, 0.1) is 11.0 Å². The molecule has 0 spiro atoms. The van der Waals surface area contributed by atoms with Gasteiger partial charge in [-0.2, -0.15) is 0 Å².